The second-order valence-electron chi connectivity index (χ2n) is 2.26. The number of epoxide rings is 1. The first-order chi connectivity index (χ1) is 4.83. The van der Waals surface area contributed by atoms with Gasteiger partial charge < -0.3 is 14.6 Å². The van der Waals surface area contributed by atoms with E-state index >= 15 is 0 Å². The number of aliphatic hydroxyl groups excluding tert-OH is 1. The Bertz CT molecular complexity index is 124. The largest absolute Gasteiger partial charge is 0.394 e. The predicted molar refractivity (Wildman–Crippen MR) is 36.7 cm³/mol. The zero-order chi connectivity index (χ0) is 7.56. The minimum Gasteiger partial charge on any atom is -0.394 e. The van der Waals surface area contributed by atoms with Gasteiger partial charge in [0.05, 0.1) is 6.61 Å². The molecule has 1 rings (SSSR count). The highest BCUT2D eigenvalue weighted by atomic mass is 16.6. The molecule has 3 heteroatoms. The maximum Gasteiger partial charge on any atom is 0.116 e. The number of hydrogen-bond donors (Lipinski definition) is 1. The Kier molecular flexibility index (Phi) is 2.43. The van der Waals surface area contributed by atoms with Crippen molar-refractivity contribution in [2.45, 2.75) is 18.3 Å². The lowest BCUT2D eigenvalue weighted by molar-refractivity contribution is 0.113. The molecule has 58 valence electrons. The van der Waals surface area contributed by atoms with Gasteiger partial charge in [-0.05, 0) is 0 Å². The first kappa shape index (κ1) is 7.72. The van der Waals surface area contributed by atoms with Crippen molar-refractivity contribution < 1.29 is 14.6 Å². The third-order valence-corrected chi connectivity index (χ3v) is 1.63. The summed E-state index contributed by atoms with van der Waals surface area (Å²) < 4.78 is 10.1. The van der Waals surface area contributed by atoms with Crippen molar-refractivity contribution in [2.24, 2.45) is 0 Å². The molecule has 0 aromatic heterocycles. The normalized spacial score (nSPS) is 33.4. The van der Waals surface area contributed by atoms with Crippen LogP contribution in [0.4, 0.5) is 0 Å². The molecule has 1 aliphatic heterocycles. The third kappa shape index (κ3) is 1.37. The van der Waals surface area contributed by atoms with Gasteiger partial charge in [-0.1, -0.05) is 6.08 Å². The van der Waals surface area contributed by atoms with E-state index in [-0.39, 0.29) is 24.9 Å². The van der Waals surface area contributed by atoms with Crippen LogP contribution in [0.1, 0.15) is 0 Å². The monoisotopic (exact) mass is 144 g/mol. The third-order valence-electron chi connectivity index (χ3n) is 1.63. The molecule has 3 atom stereocenters. The number of methoxy groups -OCH3 is 1. The molecule has 1 N–H and O–H groups in total. The fourth-order valence-electron chi connectivity index (χ4n) is 0.957. The van der Waals surface area contributed by atoms with Crippen molar-refractivity contribution in [3.8, 4) is 0 Å². The number of ether oxygens (including phenoxy) is 2. The summed E-state index contributed by atoms with van der Waals surface area (Å²) in [5.41, 5.74) is 0. The SMILES string of the molecule is C=CC(OC)C1OC1CO. The molecule has 0 amide bonds. The Morgan fingerprint density at radius 1 is 1.90 bits per heavy atom. The van der Waals surface area contributed by atoms with Crippen LogP contribution in [0.25, 0.3) is 0 Å². The summed E-state index contributed by atoms with van der Waals surface area (Å²) in [4.78, 5) is 0. The molecule has 0 bridgehead atoms. The Morgan fingerprint density at radius 2 is 2.60 bits per heavy atom. The van der Waals surface area contributed by atoms with Gasteiger partial charge in [-0.3, -0.25) is 0 Å². The summed E-state index contributed by atoms with van der Waals surface area (Å²) in [5, 5.41) is 8.60. The van der Waals surface area contributed by atoms with E-state index in [1.165, 1.54) is 0 Å². The number of rotatable bonds is 4. The average molecular weight is 144 g/mol. The molecular formula is C7H12O3. The van der Waals surface area contributed by atoms with Gasteiger partial charge in [0.15, 0.2) is 0 Å². The van der Waals surface area contributed by atoms with E-state index in [2.05, 4.69) is 6.58 Å². The fraction of sp³-hybridized carbons (Fsp3) is 0.714. The van der Waals surface area contributed by atoms with Crippen molar-refractivity contribution in [2.75, 3.05) is 13.7 Å². The molecule has 10 heavy (non-hydrogen) atoms. The van der Waals surface area contributed by atoms with E-state index in [9.17, 15) is 0 Å². The molecular weight excluding hydrogens is 132 g/mol. The molecule has 3 nitrogen and oxygen atoms in total. The Balaban J connectivity index is 2.29. The van der Waals surface area contributed by atoms with Crippen LogP contribution in [0, 0.1) is 0 Å². The maximum atomic E-state index is 8.60. The first-order valence-corrected chi connectivity index (χ1v) is 3.25. The van der Waals surface area contributed by atoms with E-state index < -0.39 is 0 Å². The number of hydrogen-bond acceptors (Lipinski definition) is 3. The zero-order valence-corrected chi connectivity index (χ0v) is 5.99. The molecule has 0 aliphatic carbocycles. The van der Waals surface area contributed by atoms with Crippen molar-refractivity contribution in [3.05, 3.63) is 12.7 Å². The lowest BCUT2D eigenvalue weighted by Crippen LogP contribution is -2.17. The molecule has 0 saturated carbocycles. The highest BCUT2D eigenvalue weighted by Crippen LogP contribution is 2.26. The summed E-state index contributed by atoms with van der Waals surface area (Å²) >= 11 is 0. The first-order valence-electron chi connectivity index (χ1n) is 3.25. The molecule has 1 aliphatic rings. The van der Waals surface area contributed by atoms with Crippen LogP contribution < -0.4 is 0 Å². The minimum atomic E-state index is -0.0721. The highest BCUT2D eigenvalue weighted by molar-refractivity contribution is 4.98. The molecule has 0 radical (unpaired) electrons. The standard InChI is InChI=1S/C7H12O3/c1-3-5(9-2)7-6(4-8)10-7/h3,5-8H,1,4H2,2H3. The average Bonchev–Trinajstić information content (AvgIpc) is 2.70. The van der Waals surface area contributed by atoms with Gasteiger partial charge in [0.2, 0.25) is 0 Å². The highest BCUT2D eigenvalue weighted by Gasteiger charge is 2.43. The number of aliphatic hydroxyl groups is 1. The molecule has 0 aromatic carbocycles. The van der Waals surface area contributed by atoms with Gasteiger partial charge >= 0.3 is 0 Å². The van der Waals surface area contributed by atoms with Crippen molar-refractivity contribution in [3.63, 3.8) is 0 Å². The smallest absolute Gasteiger partial charge is 0.116 e. The topological polar surface area (TPSA) is 42.0 Å². The molecule has 1 heterocycles. The summed E-state index contributed by atoms with van der Waals surface area (Å²) in [6.07, 6.45) is 1.59. The summed E-state index contributed by atoms with van der Waals surface area (Å²) in [7, 11) is 1.60. The molecule has 1 fully saturated rings. The predicted octanol–water partition coefficient (Wildman–Crippen LogP) is -0.0529. The van der Waals surface area contributed by atoms with Crippen LogP contribution in [0.15, 0.2) is 12.7 Å². The molecule has 1 saturated heterocycles. The minimum absolute atomic E-state index is 0.0208. The van der Waals surface area contributed by atoms with E-state index in [4.69, 9.17) is 14.6 Å². The van der Waals surface area contributed by atoms with E-state index in [1.54, 1.807) is 13.2 Å². The fourth-order valence-corrected chi connectivity index (χ4v) is 0.957. The van der Waals surface area contributed by atoms with Gasteiger partial charge in [0.25, 0.3) is 0 Å². The van der Waals surface area contributed by atoms with Crippen LogP contribution in [-0.2, 0) is 9.47 Å². The van der Waals surface area contributed by atoms with Crippen LogP contribution >= 0.6 is 0 Å². The maximum absolute atomic E-state index is 8.60. The van der Waals surface area contributed by atoms with Gasteiger partial charge in [0, 0.05) is 7.11 Å². The Labute approximate surface area is 60.3 Å². The van der Waals surface area contributed by atoms with Gasteiger partial charge in [-0.15, -0.1) is 6.58 Å². The van der Waals surface area contributed by atoms with Crippen molar-refractivity contribution in [1.82, 2.24) is 0 Å². The van der Waals surface area contributed by atoms with Crippen molar-refractivity contribution >= 4 is 0 Å². The summed E-state index contributed by atoms with van der Waals surface area (Å²) in [6.45, 7) is 3.64. The van der Waals surface area contributed by atoms with Gasteiger partial charge in [-0.2, -0.15) is 0 Å². The summed E-state index contributed by atoms with van der Waals surface area (Å²) in [5.74, 6) is 0. The lowest BCUT2D eigenvalue weighted by Gasteiger charge is -2.04. The van der Waals surface area contributed by atoms with Gasteiger partial charge in [-0.25, -0.2) is 0 Å². The summed E-state index contributed by atoms with van der Waals surface area (Å²) in [6, 6.07) is 0. The quantitative estimate of drug-likeness (QED) is 0.444. The molecule has 3 unspecified atom stereocenters. The van der Waals surface area contributed by atoms with Crippen LogP contribution in [0.5, 0.6) is 0 Å². The Hall–Kier alpha value is -0.380. The van der Waals surface area contributed by atoms with E-state index in [0.29, 0.717) is 0 Å². The molecule has 0 spiro atoms. The van der Waals surface area contributed by atoms with Crippen LogP contribution in [-0.4, -0.2) is 37.1 Å². The molecule has 0 aromatic rings. The van der Waals surface area contributed by atoms with Crippen molar-refractivity contribution in [1.29, 1.82) is 0 Å². The zero-order valence-electron chi connectivity index (χ0n) is 5.99. The Morgan fingerprint density at radius 3 is 2.90 bits per heavy atom. The van der Waals surface area contributed by atoms with Crippen LogP contribution in [0.3, 0.4) is 0 Å². The second-order valence-corrected chi connectivity index (χ2v) is 2.26. The second kappa shape index (κ2) is 3.14. The lowest BCUT2D eigenvalue weighted by atomic mass is 10.2. The van der Waals surface area contributed by atoms with Crippen LogP contribution in [0.2, 0.25) is 0 Å². The van der Waals surface area contributed by atoms with E-state index in [1.807, 2.05) is 0 Å². The van der Waals surface area contributed by atoms with Gasteiger partial charge in [0.1, 0.15) is 18.3 Å². The van der Waals surface area contributed by atoms with E-state index in [0.717, 1.165) is 0 Å².